The van der Waals surface area contributed by atoms with Crippen LogP contribution in [0.15, 0.2) is 4.99 Å². The fraction of sp³-hybridized carbons (Fsp3) is 0.941. The van der Waals surface area contributed by atoms with Gasteiger partial charge in [0, 0.05) is 32.7 Å². The first-order valence-electron chi connectivity index (χ1n) is 9.41. The Bertz CT molecular complexity index is 447. The molecule has 168 valence electrons. The lowest BCUT2D eigenvalue weighted by Crippen LogP contribution is -2.48. The first-order valence-corrected chi connectivity index (χ1v) is 9.41. The van der Waals surface area contributed by atoms with E-state index in [0.717, 1.165) is 13.1 Å². The minimum atomic E-state index is -4.18. The van der Waals surface area contributed by atoms with E-state index in [2.05, 4.69) is 20.5 Å². The molecule has 0 amide bonds. The molecular weight excluding hydrogens is 490 g/mol. The van der Waals surface area contributed by atoms with Crippen LogP contribution in [0.2, 0.25) is 0 Å². The van der Waals surface area contributed by atoms with E-state index in [4.69, 9.17) is 4.74 Å². The molecule has 11 heteroatoms. The van der Waals surface area contributed by atoms with Gasteiger partial charge in [0.1, 0.15) is 0 Å². The molecule has 1 saturated heterocycles. The maximum Gasteiger partial charge on any atom is 0.401 e. The van der Waals surface area contributed by atoms with Crippen LogP contribution in [-0.2, 0) is 4.74 Å². The third-order valence-corrected chi connectivity index (χ3v) is 4.05. The van der Waals surface area contributed by atoms with E-state index >= 15 is 0 Å². The van der Waals surface area contributed by atoms with Gasteiger partial charge in [-0.15, -0.1) is 24.0 Å². The van der Waals surface area contributed by atoms with Crippen LogP contribution < -0.4 is 10.6 Å². The van der Waals surface area contributed by atoms with E-state index in [-0.39, 0.29) is 30.5 Å². The minimum absolute atomic E-state index is 0. The highest BCUT2D eigenvalue weighted by atomic mass is 127. The topological polar surface area (TPSA) is 72.4 Å². The molecule has 3 N–H and O–H groups in total. The van der Waals surface area contributed by atoms with Crippen molar-refractivity contribution < 1.29 is 23.0 Å². The van der Waals surface area contributed by atoms with Crippen molar-refractivity contribution in [1.29, 1.82) is 0 Å². The number of hydrogen-bond acceptors (Lipinski definition) is 5. The molecule has 1 fully saturated rings. The Kier molecular flexibility index (Phi) is 13.6. The van der Waals surface area contributed by atoms with Gasteiger partial charge >= 0.3 is 6.18 Å². The molecule has 1 atom stereocenters. The van der Waals surface area contributed by atoms with Crippen LogP contribution in [-0.4, -0.2) is 105 Å². The summed E-state index contributed by atoms with van der Waals surface area (Å²) in [6.07, 6.45) is -3.62. The second-order valence-corrected chi connectivity index (χ2v) is 7.21. The number of aliphatic imine (C=N–C) groups is 1. The van der Waals surface area contributed by atoms with Gasteiger partial charge in [-0.2, -0.15) is 13.2 Å². The van der Waals surface area contributed by atoms with E-state index in [9.17, 15) is 18.3 Å². The number of halogens is 4. The predicted octanol–water partition coefficient (Wildman–Crippen LogP) is 1.13. The van der Waals surface area contributed by atoms with Crippen molar-refractivity contribution in [1.82, 2.24) is 20.4 Å². The van der Waals surface area contributed by atoms with Crippen molar-refractivity contribution in [3.8, 4) is 0 Å². The molecule has 0 aromatic carbocycles. The number of nitrogens with one attached hydrogen (secondary N) is 2. The van der Waals surface area contributed by atoms with Gasteiger partial charge in [0.05, 0.1) is 31.9 Å². The summed E-state index contributed by atoms with van der Waals surface area (Å²) in [5, 5.41) is 16.8. The van der Waals surface area contributed by atoms with E-state index in [1.54, 1.807) is 6.92 Å². The van der Waals surface area contributed by atoms with Crippen LogP contribution in [0.3, 0.4) is 0 Å². The zero-order valence-electron chi connectivity index (χ0n) is 17.0. The largest absolute Gasteiger partial charge is 0.401 e. The maximum absolute atomic E-state index is 12.3. The number of morpholine rings is 1. The van der Waals surface area contributed by atoms with Gasteiger partial charge in [0.2, 0.25) is 0 Å². The number of β-amino-alcohol motifs (C(OH)–C–C–N with tert-alkyl or cyclic N) is 1. The van der Waals surface area contributed by atoms with Gasteiger partial charge in [-0.05, 0) is 33.9 Å². The van der Waals surface area contributed by atoms with Crippen LogP contribution in [0.1, 0.15) is 20.3 Å². The molecule has 7 nitrogen and oxygen atoms in total. The first-order chi connectivity index (χ1) is 12.6. The molecule has 0 aromatic rings. The van der Waals surface area contributed by atoms with Crippen molar-refractivity contribution >= 4 is 29.9 Å². The smallest absolute Gasteiger partial charge is 0.387 e. The summed E-state index contributed by atoms with van der Waals surface area (Å²) < 4.78 is 42.2. The summed E-state index contributed by atoms with van der Waals surface area (Å²) in [6.45, 7) is 7.94. The zero-order chi connectivity index (χ0) is 20.3. The highest BCUT2D eigenvalue weighted by Crippen LogP contribution is 2.15. The molecule has 0 aliphatic carbocycles. The van der Waals surface area contributed by atoms with Gasteiger partial charge in [0.15, 0.2) is 5.96 Å². The summed E-state index contributed by atoms with van der Waals surface area (Å²) in [6, 6.07) is 0. The number of nitrogens with zero attached hydrogens (tertiary/aromatic N) is 3. The SMILES string of the molecule is CCNC(=NCC(C)(O)CN1CCOCC1)NCCCN(C)CC(F)(F)F.I. The fourth-order valence-electron chi connectivity index (χ4n) is 2.82. The molecule has 0 radical (unpaired) electrons. The number of ether oxygens (including phenoxy) is 1. The molecule has 0 aromatic heterocycles. The predicted molar refractivity (Wildman–Crippen MR) is 115 cm³/mol. The summed E-state index contributed by atoms with van der Waals surface area (Å²) in [4.78, 5) is 7.82. The number of guanidine groups is 1. The molecule has 1 rings (SSSR count). The Morgan fingerprint density at radius 2 is 1.89 bits per heavy atom. The number of rotatable bonds is 10. The second-order valence-electron chi connectivity index (χ2n) is 7.21. The van der Waals surface area contributed by atoms with E-state index in [1.165, 1.54) is 11.9 Å². The molecule has 28 heavy (non-hydrogen) atoms. The van der Waals surface area contributed by atoms with Gasteiger partial charge < -0.3 is 20.5 Å². The minimum Gasteiger partial charge on any atom is -0.387 e. The lowest BCUT2D eigenvalue weighted by Gasteiger charge is -2.33. The fourth-order valence-corrected chi connectivity index (χ4v) is 2.82. The molecule has 1 aliphatic heterocycles. The zero-order valence-corrected chi connectivity index (χ0v) is 19.3. The van der Waals surface area contributed by atoms with Crippen molar-refractivity contribution in [2.45, 2.75) is 32.0 Å². The van der Waals surface area contributed by atoms with Gasteiger partial charge in [-0.25, -0.2) is 0 Å². The molecule has 0 spiro atoms. The van der Waals surface area contributed by atoms with Crippen molar-refractivity contribution in [2.24, 2.45) is 4.99 Å². The average Bonchev–Trinajstić information content (AvgIpc) is 2.55. The Labute approximate surface area is 183 Å². The maximum atomic E-state index is 12.3. The van der Waals surface area contributed by atoms with E-state index in [0.29, 0.717) is 51.8 Å². The lowest BCUT2D eigenvalue weighted by atomic mass is 10.1. The molecule has 1 heterocycles. The van der Waals surface area contributed by atoms with Crippen LogP contribution in [0.5, 0.6) is 0 Å². The van der Waals surface area contributed by atoms with Crippen molar-refractivity contribution in [3.63, 3.8) is 0 Å². The average molecular weight is 525 g/mol. The lowest BCUT2D eigenvalue weighted by molar-refractivity contribution is -0.143. The summed E-state index contributed by atoms with van der Waals surface area (Å²) in [5.74, 6) is 0.554. The third-order valence-electron chi connectivity index (χ3n) is 4.05. The standard InChI is InChI=1S/C17H34F3N5O2.HI/c1-4-21-15(22-6-5-7-24(3)14-17(18,19)20)23-12-16(2,26)13-25-8-10-27-11-9-25;/h26H,4-14H2,1-3H3,(H2,21,22,23);1H. The first kappa shape index (κ1) is 27.6. The Morgan fingerprint density at radius 1 is 1.25 bits per heavy atom. The number of hydrogen-bond donors (Lipinski definition) is 3. The molecular formula is C17H35F3IN5O2. The molecule has 1 unspecified atom stereocenters. The summed E-state index contributed by atoms with van der Waals surface area (Å²) >= 11 is 0. The Balaban J connectivity index is 0.00000729. The van der Waals surface area contributed by atoms with Gasteiger partial charge in [-0.1, -0.05) is 0 Å². The van der Waals surface area contributed by atoms with Crippen LogP contribution in [0.25, 0.3) is 0 Å². The van der Waals surface area contributed by atoms with Gasteiger partial charge in [0.25, 0.3) is 0 Å². The van der Waals surface area contributed by atoms with E-state index in [1.807, 2.05) is 6.92 Å². The third kappa shape index (κ3) is 13.7. The van der Waals surface area contributed by atoms with Crippen LogP contribution in [0.4, 0.5) is 13.2 Å². The van der Waals surface area contributed by atoms with Crippen molar-refractivity contribution in [2.75, 3.05) is 72.6 Å². The molecule has 0 bridgehead atoms. The summed E-state index contributed by atoms with van der Waals surface area (Å²) in [5.41, 5.74) is -0.966. The van der Waals surface area contributed by atoms with Crippen LogP contribution >= 0.6 is 24.0 Å². The summed E-state index contributed by atoms with van der Waals surface area (Å²) in [7, 11) is 1.45. The highest BCUT2D eigenvalue weighted by Gasteiger charge is 2.29. The Morgan fingerprint density at radius 3 is 2.46 bits per heavy atom. The molecule has 1 aliphatic rings. The van der Waals surface area contributed by atoms with Crippen molar-refractivity contribution in [3.05, 3.63) is 0 Å². The quantitative estimate of drug-likeness (QED) is 0.172. The number of alkyl halides is 3. The number of aliphatic hydroxyl groups is 1. The van der Waals surface area contributed by atoms with E-state index < -0.39 is 18.3 Å². The molecule has 0 saturated carbocycles. The second kappa shape index (κ2) is 13.8. The van der Waals surface area contributed by atoms with Gasteiger partial charge in [-0.3, -0.25) is 14.8 Å². The monoisotopic (exact) mass is 525 g/mol. The van der Waals surface area contributed by atoms with Crippen LogP contribution in [0, 0.1) is 0 Å². The highest BCUT2D eigenvalue weighted by molar-refractivity contribution is 14.0. The normalized spacial score (nSPS) is 18.5. The Hall–Kier alpha value is -0.370.